The summed E-state index contributed by atoms with van der Waals surface area (Å²) >= 11 is 5.66. The van der Waals surface area contributed by atoms with Crippen molar-refractivity contribution in [3.63, 3.8) is 0 Å². The van der Waals surface area contributed by atoms with Crippen molar-refractivity contribution in [1.29, 1.82) is 0 Å². The third-order valence-electron chi connectivity index (χ3n) is 2.04. The first-order valence-corrected chi connectivity index (χ1v) is 5.16. The van der Waals surface area contributed by atoms with Crippen LogP contribution in [0, 0.1) is 18.6 Å². The summed E-state index contributed by atoms with van der Waals surface area (Å²) < 4.78 is 26.3. The Kier molecular flexibility index (Phi) is 3.19. The highest BCUT2D eigenvalue weighted by molar-refractivity contribution is 6.28. The molecule has 2 rings (SSSR count). The second kappa shape index (κ2) is 4.63. The summed E-state index contributed by atoms with van der Waals surface area (Å²) in [5.74, 6) is -1.57. The smallest absolute Gasteiger partial charge is 0.224 e. The predicted octanol–water partition coefficient (Wildman–Crippen LogP) is 3.46. The van der Waals surface area contributed by atoms with Crippen LogP contribution in [0.2, 0.25) is 5.28 Å². The van der Waals surface area contributed by atoms with Crippen LogP contribution in [0.1, 0.15) is 5.69 Å². The second-order valence-electron chi connectivity index (χ2n) is 3.39. The van der Waals surface area contributed by atoms with Crippen LogP contribution in [0.3, 0.4) is 0 Å². The van der Waals surface area contributed by atoms with Crippen LogP contribution in [0.5, 0.6) is 0 Å². The van der Waals surface area contributed by atoms with Crippen molar-refractivity contribution in [2.75, 3.05) is 5.32 Å². The van der Waals surface area contributed by atoms with E-state index in [1.807, 2.05) is 0 Å². The third kappa shape index (κ3) is 2.68. The molecule has 2 aromatic rings. The Morgan fingerprint density at radius 2 is 2.00 bits per heavy atom. The van der Waals surface area contributed by atoms with E-state index in [4.69, 9.17) is 11.6 Å². The number of nitrogens with zero attached hydrogens (tertiary/aromatic N) is 2. The lowest BCUT2D eigenvalue weighted by Gasteiger charge is -2.07. The number of aromatic nitrogens is 2. The highest BCUT2D eigenvalue weighted by Gasteiger charge is 2.08. The molecule has 0 unspecified atom stereocenters. The molecule has 0 aliphatic rings. The number of halogens is 3. The molecule has 0 atom stereocenters. The SMILES string of the molecule is Cc1cc(Nc2cccc(F)c2F)nc(Cl)n1. The van der Waals surface area contributed by atoms with Crippen LogP contribution in [0.25, 0.3) is 0 Å². The zero-order chi connectivity index (χ0) is 12.4. The van der Waals surface area contributed by atoms with Gasteiger partial charge in [-0.05, 0) is 30.7 Å². The molecule has 1 aromatic carbocycles. The highest BCUT2D eigenvalue weighted by atomic mass is 35.5. The molecular formula is C11H8ClF2N3. The van der Waals surface area contributed by atoms with Crippen LogP contribution in [-0.2, 0) is 0 Å². The van der Waals surface area contributed by atoms with Crippen LogP contribution < -0.4 is 5.32 Å². The first-order chi connectivity index (χ1) is 8.06. The van der Waals surface area contributed by atoms with Gasteiger partial charge in [-0.25, -0.2) is 18.7 Å². The van der Waals surface area contributed by atoms with Gasteiger partial charge in [0.05, 0.1) is 5.69 Å². The van der Waals surface area contributed by atoms with E-state index in [1.54, 1.807) is 13.0 Å². The molecule has 1 N–H and O–H groups in total. The van der Waals surface area contributed by atoms with Crippen LogP contribution in [-0.4, -0.2) is 9.97 Å². The van der Waals surface area contributed by atoms with E-state index in [1.165, 1.54) is 12.1 Å². The fourth-order valence-electron chi connectivity index (χ4n) is 1.33. The van der Waals surface area contributed by atoms with E-state index in [-0.39, 0.29) is 11.0 Å². The Balaban J connectivity index is 2.34. The van der Waals surface area contributed by atoms with E-state index in [2.05, 4.69) is 15.3 Å². The number of nitrogens with one attached hydrogen (secondary N) is 1. The Morgan fingerprint density at radius 3 is 2.71 bits per heavy atom. The minimum Gasteiger partial charge on any atom is -0.338 e. The molecular weight excluding hydrogens is 248 g/mol. The minimum absolute atomic E-state index is 0.000772. The van der Waals surface area contributed by atoms with Gasteiger partial charge in [-0.3, -0.25) is 0 Å². The largest absolute Gasteiger partial charge is 0.338 e. The quantitative estimate of drug-likeness (QED) is 0.835. The van der Waals surface area contributed by atoms with Gasteiger partial charge >= 0.3 is 0 Å². The molecule has 1 heterocycles. The van der Waals surface area contributed by atoms with Crippen molar-refractivity contribution in [2.45, 2.75) is 6.92 Å². The van der Waals surface area contributed by atoms with E-state index >= 15 is 0 Å². The first-order valence-electron chi connectivity index (χ1n) is 4.78. The Labute approximate surface area is 101 Å². The van der Waals surface area contributed by atoms with Crippen LogP contribution in [0.4, 0.5) is 20.3 Å². The lowest BCUT2D eigenvalue weighted by Crippen LogP contribution is -1.99. The van der Waals surface area contributed by atoms with Gasteiger partial charge in [0, 0.05) is 11.8 Å². The summed E-state index contributed by atoms with van der Waals surface area (Å²) in [5.41, 5.74) is 0.628. The van der Waals surface area contributed by atoms with Crippen molar-refractivity contribution in [3.05, 3.63) is 46.9 Å². The zero-order valence-corrected chi connectivity index (χ0v) is 9.59. The Morgan fingerprint density at radius 1 is 1.24 bits per heavy atom. The normalized spacial score (nSPS) is 10.4. The summed E-state index contributed by atoms with van der Waals surface area (Å²) in [6, 6.07) is 5.43. The van der Waals surface area contributed by atoms with Crippen LogP contribution in [0.15, 0.2) is 24.3 Å². The number of aryl methyl sites for hydroxylation is 1. The minimum atomic E-state index is -0.958. The number of benzene rings is 1. The Hall–Kier alpha value is -1.75. The van der Waals surface area contributed by atoms with Crippen LogP contribution >= 0.6 is 11.6 Å². The summed E-state index contributed by atoms with van der Waals surface area (Å²) in [6.45, 7) is 1.72. The molecule has 0 aliphatic carbocycles. The van der Waals surface area contributed by atoms with Gasteiger partial charge < -0.3 is 5.32 Å². The van der Waals surface area contributed by atoms with Crippen molar-refractivity contribution in [1.82, 2.24) is 9.97 Å². The number of rotatable bonds is 2. The third-order valence-corrected chi connectivity index (χ3v) is 2.21. The average Bonchev–Trinajstić information content (AvgIpc) is 2.23. The van der Waals surface area contributed by atoms with Gasteiger partial charge in [-0.1, -0.05) is 6.07 Å². The first kappa shape index (κ1) is 11.7. The monoisotopic (exact) mass is 255 g/mol. The molecule has 6 heteroatoms. The second-order valence-corrected chi connectivity index (χ2v) is 3.73. The van der Waals surface area contributed by atoms with Gasteiger partial charge in [0.25, 0.3) is 0 Å². The van der Waals surface area contributed by atoms with Gasteiger partial charge in [-0.15, -0.1) is 0 Å². The number of hydrogen-bond acceptors (Lipinski definition) is 3. The van der Waals surface area contributed by atoms with E-state index in [0.717, 1.165) is 6.07 Å². The molecule has 0 fully saturated rings. The average molecular weight is 256 g/mol. The lowest BCUT2D eigenvalue weighted by atomic mass is 10.3. The Bertz CT molecular complexity index is 540. The van der Waals surface area contributed by atoms with Crippen molar-refractivity contribution in [3.8, 4) is 0 Å². The lowest BCUT2D eigenvalue weighted by molar-refractivity contribution is 0.511. The summed E-state index contributed by atoms with van der Waals surface area (Å²) in [7, 11) is 0. The molecule has 0 amide bonds. The van der Waals surface area contributed by atoms with Gasteiger partial charge in [0.2, 0.25) is 5.28 Å². The zero-order valence-electron chi connectivity index (χ0n) is 8.84. The van der Waals surface area contributed by atoms with Gasteiger partial charge in [-0.2, -0.15) is 0 Å². The van der Waals surface area contributed by atoms with E-state index in [9.17, 15) is 8.78 Å². The van der Waals surface area contributed by atoms with Crippen molar-refractivity contribution in [2.24, 2.45) is 0 Å². The maximum absolute atomic E-state index is 13.4. The molecule has 0 saturated heterocycles. The molecule has 88 valence electrons. The molecule has 0 bridgehead atoms. The fourth-order valence-corrected chi connectivity index (χ4v) is 1.56. The molecule has 3 nitrogen and oxygen atoms in total. The predicted molar refractivity (Wildman–Crippen MR) is 61.4 cm³/mol. The number of anilines is 2. The molecule has 0 radical (unpaired) electrons. The van der Waals surface area contributed by atoms with E-state index < -0.39 is 11.6 Å². The molecule has 0 spiro atoms. The van der Waals surface area contributed by atoms with Gasteiger partial charge in [0.15, 0.2) is 11.6 Å². The maximum atomic E-state index is 13.4. The molecule has 1 aromatic heterocycles. The molecule has 0 aliphatic heterocycles. The molecule has 17 heavy (non-hydrogen) atoms. The summed E-state index contributed by atoms with van der Waals surface area (Å²) in [6.07, 6.45) is 0. The number of hydrogen-bond donors (Lipinski definition) is 1. The standard InChI is InChI=1S/C11H8ClF2N3/c1-6-5-9(17-11(12)15-6)16-8-4-2-3-7(13)10(8)14/h2-5H,1H3,(H,15,16,17). The van der Waals surface area contributed by atoms with Crippen molar-refractivity contribution >= 4 is 23.1 Å². The van der Waals surface area contributed by atoms with Gasteiger partial charge in [0.1, 0.15) is 5.82 Å². The van der Waals surface area contributed by atoms with Crippen molar-refractivity contribution < 1.29 is 8.78 Å². The summed E-state index contributed by atoms with van der Waals surface area (Å²) in [5, 5.41) is 2.69. The topological polar surface area (TPSA) is 37.8 Å². The summed E-state index contributed by atoms with van der Waals surface area (Å²) in [4.78, 5) is 7.72. The highest BCUT2D eigenvalue weighted by Crippen LogP contribution is 2.21. The maximum Gasteiger partial charge on any atom is 0.224 e. The fraction of sp³-hybridized carbons (Fsp3) is 0.0909. The molecule has 0 saturated carbocycles. The van der Waals surface area contributed by atoms with E-state index in [0.29, 0.717) is 11.5 Å².